The Hall–Kier alpha value is -3.39. The molecule has 2 aromatic rings. The Morgan fingerprint density at radius 2 is 1.76 bits per heavy atom. The van der Waals surface area contributed by atoms with Crippen LogP contribution < -0.4 is 15.5 Å². The maximum absolute atomic E-state index is 12.1. The zero-order valence-electron chi connectivity index (χ0n) is 16.3. The summed E-state index contributed by atoms with van der Waals surface area (Å²) >= 11 is 0. The van der Waals surface area contributed by atoms with E-state index >= 15 is 0 Å². The Bertz CT molecular complexity index is 847. The third-order valence-corrected chi connectivity index (χ3v) is 4.36. The zero-order chi connectivity index (χ0) is 20.5. The van der Waals surface area contributed by atoms with Gasteiger partial charge in [-0.3, -0.25) is 4.79 Å². The quantitative estimate of drug-likeness (QED) is 0.580. The van der Waals surface area contributed by atoms with Crippen molar-refractivity contribution in [1.82, 2.24) is 10.3 Å². The van der Waals surface area contributed by atoms with Crippen molar-refractivity contribution >= 4 is 23.3 Å². The van der Waals surface area contributed by atoms with Crippen LogP contribution in [0.15, 0.2) is 59.7 Å². The standard InChI is InChI=1S/C21H24N4O4/c1-16(23-24-21(27)22-18-5-3-2-4-6-18)17-7-9-19(10-8-17)29-15-20(26)25-11-13-28-14-12-25/h2-10H,11-15H2,1H3,(H2,22,24,27)/b23-16-. The topological polar surface area (TPSA) is 92.3 Å². The molecule has 29 heavy (non-hydrogen) atoms. The van der Waals surface area contributed by atoms with Crippen LogP contribution in [0.25, 0.3) is 0 Å². The Morgan fingerprint density at radius 1 is 1.07 bits per heavy atom. The average Bonchev–Trinajstić information content (AvgIpc) is 2.77. The third kappa shape index (κ3) is 6.32. The van der Waals surface area contributed by atoms with E-state index in [1.807, 2.05) is 30.3 Å². The Balaban J connectivity index is 1.47. The first-order valence-electron chi connectivity index (χ1n) is 9.37. The fraction of sp³-hybridized carbons (Fsp3) is 0.286. The number of rotatable bonds is 6. The lowest BCUT2D eigenvalue weighted by molar-refractivity contribution is -0.137. The number of nitrogens with one attached hydrogen (secondary N) is 2. The smallest absolute Gasteiger partial charge is 0.339 e. The molecule has 2 aromatic carbocycles. The lowest BCUT2D eigenvalue weighted by Gasteiger charge is -2.26. The third-order valence-electron chi connectivity index (χ3n) is 4.36. The highest BCUT2D eigenvalue weighted by molar-refractivity contribution is 6.00. The number of hydrogen-bond donors (Lipinski definition) is 2. The van der Waals surface area contributed by atoms with E-state index in [2.05, 4.69) is 15.8 Å². The number of ether oxygens (including phenoxy) is 2. The molecular weight excluding hydrogens is 372 g/mol. The minimum Gasteiger partial charge on any atom is -0.484 e. The number of amides is 3. The molecule has 0 unspecified atom stereocenters. The summed E-state index contributed by atoms with van der Waals surface area (Å²) in [5.74, 6) is 0.543. The van der Waals surface area contributed by atoms with Crippen molar-refractivity contribution in [3.63, 3.8) is 0 Å². The van der Waals surface area contributed by atoms with Crippen LogP contribution in [0.1, 0.15) is 12.5 Å². The SMILES string of the molecule is C/C(=N/NC(=O)Nc1ccccc1)c1ccc(OCC(=O)N2CCOCC2)cc1. The van der Waals surface area contributed by atoms with Crippen LogP contribution in [0.4, 0.5) is 10.5 Å². The van der Waals surface area contributed by atoms with E-state index in [1.54, 1.807) is 36.1 Å². The number of para-hydroxylation sites is 1. The maximum atomic E-state index is 12.1. The van der Waals surface area contributed by atoms with Crippen LogP contribution in [0.5, 0.6) is 5.75 Å². The molecule has 0 bridgehead atoms. The molecule has 0 spiro atoms. The van der Waals surface area contributed by atoms with Gasteiger partial charge in [-0.05, 0) is 48.9 Å². The van der Waals surface area contributed by atoms with Crippen molar-refractivity contribution in [2.45, 2.75) is 6.92 Å². The Labute approximate surface area is 169 Å². The lowest BCUT2D eigenvalue weighted by atomic mass is 10.1. The van der Waals surface area contributed by atoms with Crippen molar-refractivity contribution in [2.24, 2.45) is 5.10 Å². The van der Waals surface area contributed by atoms with E-state index in [9.17, 15) is 9.59 Å². The molecule has 3 rings (SSSR count). The van der Waals surface area contributed by atoms with Crippen molar-refractivity contribution in [3.8, 4) is 5.75 Å². The molecule has 0 aromatic heterocycles. The number of urea groups is 1. The van der Waals surface area contributed by atoms with Gasteiger partial charge in [0.1, 0.15) is 5.75 Å². The molecule has 0 radical (unpaired) electrons. The first-order chi connectivity index (χ1) is 14.1. The molecule has 8 heteroatoms. The van der Waals surface area contributed by atoms with Crippen LogP contribution >= 0.6 is 0 Å². The molecule has 2 N–H and O–H groups in total. The molecule has 3 amide bonds. The van der Waals surface area contributed by atoms with Crippen molar-refractivity contribution < 1.29 is 19.1 Å². The summed E-state index contributed by atoms with van der Waals surface area (Å²) in [5.41, 5.74) is 4.63. The van der Waals surface area contributed by atoms with Gasteiger partial charge in [0, 0.05) is 18.8 Å². The molecule has 0 aliphatic carbocycles. The molecule has 1 aliphatic rings. The number of carbonyl (C=O) groups excluding carboxylic acids is 2. The molecule has 0 atom stereocenters. The van der Waals surface area contributed by atoms with Gasteiger partial charge in [-0.25, -0.2) is 10.2 Å². The highest BCUT2D eigenvalue weighted by atomic mass is 16.5. The number of hydrazone groups is 1. The van der Waals surface area contributed by atoms with Gasteiger partial charge in [-0.1, -0.05) is 18.2 Å². The number of anilines is 1. The van der Waals surface area contributed by atoms with Gasteiger partial charge in [0.05, 0.1) is 18.9 Å². The second-order valence-corrected chi connectivity index (χ2v) is 6.44. The lowest BCUT2D eigenvalue weighted by Crippen LogP contribution is -2.42. The van der Waals surface area contributed by atoms with Crippen LogP contribution in [-0.2, 0) is 9.53 Å². The molecule has 1 fully saturated rings. The van der Waals surface area contributed by atoms with Crippen molar-refractivity contribution in [2.75, 3.05) is 38.2 Å². The van der Waals surface area contributed by atoms with E-state index in [4.69, 9.17) is 9.47 Å². The summed E-state index contributed by atoms with van der Waals surface area (Å²) in [6.07, 6.45) is 0. The summed E-state index contributed by atoms with van der Waals surface area (Å²) in [4.78, 5) is 25.7. The fourth-order valence-corrected chi connectivity index (χ4v) is 2.72. The monoisotopic (exact) mass is 396 g/mol. The van der Waals surface area contributed by atoms with Gasteiger partial charge in [-0.2, -0.15) is 5.10 Å². The number of benzene rings is 2. The van der Waals surface area contributed by atoms with Crippen LogP contribution in [-0.4, -0.2) is 55.5 Å². The predicted octanol–water partition coefficient (Wildman–Crippen LogP) is 2.47. The molecule has 1 saturated heterocycles. The average molecular weight is 396 g/mol. The maximum Gasteiger partial charge on any atom is 0.339 e. The highest BCUT2D eigenvalue weighted by Gasteiger charge is 2.17. The summed E-state index contributed by atoms with van der Waals surface area (Å²) < 4.78 is 10.8. The van der Waals surface area contributed by atoms with Crippen LogP contribution in [0.3, 0.4) is 0 Å². The number of nitrogens with zero attached hydrogens (tertiary/aromatic N) is 2. The number of hydrogen-bond acceptors (Lipinski definition) is 5. The number of carbonyl (C=O) groups is 2. The van der Waals surface area contributed by atoms with E-state index in [0.717, 1.165) is 5.56 Å². The van der Waals surface area contributed by atoms with Gasteiger partial charge in [-0.15, -0.1) is 0 Å². The molecule has 0 saturated carbocycles. The predicted molar refractivity (Wildman–Crippen MR) is 110 cm³/mol. The zero-order valence-corrected chi connectivity index (χ0v) is 16.3. The van der Waals surface area contributed by atoms with E-state index in [1.165, 1.54) is 0 Å². The first-order valence-corrected chi connectivity index (χ1v) is 9.37. The molecular formula is C21H24N4O4. The highest BCUT2D eigenvalue weighted by Crippen LogP contribution is 2.13. The van der Waals surface area contributed by atoms with Gasteiger partial charge in [0.2, 0.25) is 0 Å². The molecule has 152 valence electrons. The molecule has 8 nitrogen and oxygen atoms in total. The van der Waals surface area contributed by atoms with E-state index < -0.39 is 6.03 Å². The summed E-state index contributed by atoms with van der Waals surface area (Å²) in [6.45, 7) is 4.12. The largest absolute Gasteiger partial charge is 0.484 e. The van der Waals surface area contributed by atoms with Crippen molar-refractivity contribution in [1.29, 1.82) is 0 Å². The normalized spacial score (nSPS) is 14.2. The Morgan fingerprint density at radius 3 is 2.45 bits per heavy atom. The minimum absolute atomic E-state index is 0.00632. The second kappa shape index (κ2) is 10.2. The molecule has 1 aliphatic heterocycles. The molecule has 1 heterocycles. The van der Waals surface area contributed by atoms with Gasteiger partial charge in [0.15, 0.2) is 6.61 Å². The summed E-state index contributed by atoms with van der Waals surface area (Å²) in [7, 11) is 0. The summed E-state index contributed by atoms with van der Waals surface area (Å²) in [5, 5.41) is 6.79. The Kier molecular flexibility index (Phi) is 7.18. The second-order valence-electron chi connectivity index (χ2n) is 6.44. The minimum atomic E-state index is -0.419. The van der Waals surface area contributed by atoms with Gasteiger partial charge < -0.3 is 19.7 Å². The van der Waals surface area contributed by atoms with Gasteiger partial charge in [0.25, 0.3) is 5.91 Å². The van der Waals surface area contributed by atoms with Crippen molar-refractivity contribution in [3.05, 3.63) is 60.2 Å². The number of morpholine rings is 1. The van der Waals surface area contributed by atoms with Gasteiger partial charge >= 0.3 is 6.03 Å². The fourth-order valence-electron chi connectivity index (χ4n) is 2.72. The van der Waals surface area contributed by atoms with E-state index in [-0.39, 0.29) is 12.5 Å². The summed E-state index contributed by atoms with van der Waals surface area (Å²) in [6, 6.07) is 15.9. The van der Waals surface area contributed by atoms with E-state index in [0.29, 0.717) is 43.5 Å². The van der Waals surface area contributed by atoms with Crippen LogP contribution in [0, 0.1) is 0 Å². The first kappa shape index (κ1) is 20.3. The van der Waals surface area contributed by atoms with Crippen LogP contribution in [0.2, 0.25) is 0 Å².